The molecule has 3 aromatic rings. The zero-order valence-electron chi connectivity index (χ0n) is 11.9. The first kappa shape index (κ1) is 13.4. The van der Waals surface area contributed by atoms with Crippen molar-refractivity contribution in [2.45, 2.75) is 19.9 Å². The largest absolute Gasteiger partial charge is 0.478 e. The van der Waals surface area contributed by atoms with Gasteiger partial charge in [0.15, 0.2) is 0 Å². The quantitative estimate of drug-likeness (QED) is 0.796. The maximum Gasteiger partial charge on any atom is 0.335 e. The lowest BCUT2D eigenvalue weighted by molar-refractivity contribution is 0.0697. The zero-order chi connectivity index (χ0) is 15.0. The lowest BCUT2D eigenvalue weighted by atomic mass is 10.1. The second-order valence-corrected chi connectivity index (χ2v) is 5.12. The van der Waals surface area contributed by atoms with Crippen LogP contribution in [0.25, 0.3) is 11.0 Å². The summed E-state index contributed by atoms with van der Waals surface area (Å²) in [5, 5.41) is 9.07. The summed E-state index contributed by atoms with van der Waals surface area (Å²) in [7, 11) is 0. The van der Waals surface area contributed by atoms with Gasteiger partial charge in [0.25, 0.3) is 0 Å². The number of carbonyl (C=O) groups is 1. The Morgan fingerprint density at radius 1 is 1.19 bits per heavy atom. The van der Waals surface area contributed by atoms with E-state index in [0.717, 1.165) is 16.9 Å². The SMILES string of the molecule is Cc1nc2cc(C(=O)O)ccc2n1C(C)c1ccccc1. The van der Waals surface area contributed by atoms with E-state index in [4.69, 9.17) is 5.11 Å². The average molecular weight is 280 g/mol. The summed E-state index contributed by atoms with van der Waals surface area (Å²) in [4.78, 5) is 15.6. The molecular weight excluding hydrogens is 264 g/mol. The predicted octanol–water partition coefficient (Wildman–Crippen LogP) is 3.65. The van der Waals surface area contributed by atoms with E-state index in [2.05, 4.69) is 28.6 Å². The van der Waals surface area contributed by atoms with Gasteiger partial charge in [-0.2, -0.15) is 0 Å². The fourth-order valence-corrected chi connectivity index (χ4v) is 2.72. The number of aromatic nitrogens is 2. The molecular formula is C17H16N2O2. The highest BCUT2D eigenvalue weighted by molar-refractivity contribution is 5.92. The third-order valence-corrected chi connectivity index (χ3v) is 3.78. The van der Waals surface area contributed by atoms with Crippen LogP contribution in [0.5, 0.6) is 0 Å². The standard InChI is InChI=1S/C17H16N2O2/c1-11(13-6-4-3-5-7-13)19-12(2)18-15-10-14(17(20)21)8-9-16(15)19/h3-11H,1-2H3,(H,20,21). The van der Waals surface area contributed by atoms with Crippen molar-refractivity contribution >= 4 is 17.0 Å². The van der Waals surface area contributed by atoms with Crippen LogP contribution in [0.1, 0.15) is 34.7 Å². The monoisotopic (exact) mass is 280 g/mol. The number of hydrogen-bond acceptors (Lipinski definition) is 2. The van der Waals surface area contributed by atoms with E-state index >= 15 is 0 Å². The van der Waals surface area contributed by atoms with Crippen LogP contribution in [0, 0.1) is 6.92 Å². The molecule has 0 saturated heterocycles. The second kappa shape index (κ2) is 5.05. The number of benzene rings is 2. The molecule has 0 amide bonds. The Labute approximate surface area is 122 Å². The molecule has 0 aliphatic heterocycles. The van der Waals surface area contributed by atoms with E-state index in [1.807, 2.05) is 31.2 Å². The Hall–Kier alpha value is -2.62. The van der Waals surface area contributed by atoms with Gasteiger partial charge in [-0.3, -0.25) is 0 Å². The number of nitrogens with zero attached hydrogens (tertiary/aromatic N) is 2. The maximum absolute atomic E-state index is 11.1. The van der Waals surface area contributed by atoms with E-state index in [0.29, 0.717) is 0 Å². The molecule has 0 bridgehead atoms. The summed E-state index contributed by atoms with van der Waals surface area (Å²) in [6.45, 7) is 4.06. The molecule has 0 aliphatic carbocycles. The van der Waals surface area contributed by atoms with Crippen molar-refractivity contribution < 1.29 is 9.90 Å². The lowest BCUT2D eigenvalue weighted by Crippen LogP contribution is -2.08. The Bertz CT molecular complexity index is 806. The smallest absolute Gasteiger partial charge is 0.335 e. The number of hydrogen-bond donors (Lipinski definition) is 1. The first-order valence-electron chi connectivity index (χ1n) is 6.85. The van der Waals surface area contributed by atoms with Crippen molar-refractivity contribution in [3.63, 3.8) is 0 Å². The molecule has 4 heteroatoms. The van der Waals surface area contributed by atoms with Crippen LogP contribution in [0.15, 0.2) is 48.5 Å². The highest BCUT2D eigenvalue weighted by atomic mass is 16.4. The number of aryl methyl sites for hydroxylation is 1. The van der Waals surface area contributed by atoms with Gasteiger partial charge in [0.1, 0.15) is 5.82 Å². The van der Waals surface area contributed by atoms with Gasteiger partial charge in [-0.25, -0.2) is 9.78 Å². The number of fused-ring (bicyclic) bond motifs is 1. The average Bonchev–Trinajstić information content (AvgIpc) is 2.82. The minimum absolute atomic E-state index is 0.145. The van der Waals surface area contributed by atoms with Gasteiger partial charge in [-0.15, -0.1) is 0 Å². The number of imidazole rings is 1. The molecule has 1 N–H and O–H groups in total. The normalized spacial score (nSPS) is 12.5. The maximum atomic E-state index is 11.1. The summed E-state index contributed by atoms with van der Waals surface area (Å²) >= 11 is 0. The van der Waals surface area contributed by atoms with Crippen LogP contribution in [0.2, 0.25) is 0 Å². The van der Waals surface area contributed by atoms with Crippen molar-refractivity contribution in [3.8, 4) is 0 Å². The predicted molar refractivity (Wildman–Crippen MR) is 81.7 cm³/mol. The van der Waals surface area contributed by atoms with Gasteiger partial charge < -0.3 is 9.67 Å². The van der Waals surface area contributed by atoms with Crippen molar-refractivity contribution in [2.75, 3.05) is 0 Å². The number of carboxylic acids is 1. The molecule has 2 aromatic carbocycles. The Balaban J connectivity index is 2.15. The molecule has 1 atom stereocenters. The molecule has 106 valence electrons. The number of rotatable bonds is 3. The summed E-state index contributed by atoms with van der Waals surface area (Å²) < 4.78 is 2.14. The number of aromatic carboxylic acids is 1. The molecule has 0 aliphatic rings. The van der Waals surface area contributed by atoms with Crippen molar-refractivity contribution in [3.05, 3.63) is 65.5 Å². The molecule has 0 radical (unpaired) electrons. The minimum Gasteiger partial charge on any atom is -0.478 e. The van der Waals surface area contributed by atoms with E-state index < -0.39 is 5.97 Å². The van der Waals surface area contributed by atoms with Crippen LogP contribution in [0.3, 0.4) is 0 Å². The Kier molecular flexibility index (Phi) is 3.22. The third kappa shape index (κ3) is 2.29. The first-order valence-corrected chi connectivity index (χ1v) is 6.85. The molecule has 0 spiro atoms. The van der Waals surface area contributed by atoms with Gasteiger partial charge in [-0.1, -0.05) is 30.3 Å². The highest BCUT2D eigenvalue weighted by Crippen LogP contribution is 2.26. The highest BCUT2D eigenvalue weighted by Gasteiger charge is 2.16. The number of carboxylic acid groups (broad SMARTS) is 1. The van der Waals surface area contributed by atoms with E-state index in [-0.39, 0.29) is 11.6 Å². The van der Waals surface area contributed by atoms with Gasteiger partial charge in [0.2, 0.25) is 0 Å². The minimum atomic E-state index is -0.930. The fraction of sp³-hybridized carbons (Fsp3) is 0.176. The molecule has 4 nitrogen and oxygen atoms in total. The summed E-state index contributed by atoms with van der Waals surface area (Å²) in [6, 6.07) is 15.4. The molecule has 1 heterocycles. The zero-order valence-corrected chi connectivity index (χ0v) is 11.9. The van der Waals surface area contributed by atoms with Crippen LogP contribution in [0.4, 0.5) is 0 Å². The van der Waals surface area contributed by atoms with E-state index in [9.17, 15) is 4.79 Å². The third-order valence-electron chi connectivity index (χ3n) is 3.78. The summed E-state index contributed by atoms with van der Waals surface area (Å²) in [6.07, 6.45) is 0. The molecule has 1 unspecified atom stereocenters. The van der Waals surface area contributed by atoms with E-state index in [1.54, 1.807) is 12.1 Å². The van der Waals surface area contributed by atoms with Gasteiger partial charge in [0, 0.05) is 0 Å². The fourth-order valence-electron chi connectivity index (χ4n) is 2.72. The summed E-state index contributed by atoms with van der Waals surface area (Å²) in [5.41, 5.74) is 3.13. The lowest BCUT2D eigenvalue weighted by Gasteiger charge is -2.17. The molecule has 21 heavy (non-hydrogen) atoms. The van der Waals surface area contributed by atoms with Crippen molar-refractivity contribution in [1.29, 1.82) is 0 Å². The molecule has 1 aromatic heterocycles. The summed E-state index contributed by atoms with van der Waals surface area (Å²) in [5.74, 6) is -0.0518. The molecule has 0 saturated carbocycles. The van der Waals surface area contributed by atoms with Gasteiger partial charge in [-0.05, 0) is 37.6 Å². The van der Waals surface area contributed by atoms with Crippen LogP contribution < -0.4 is 0 Å². The Morgan fingerprint density at radius 2 is 1.90 bits per heavy atom. The molecule has 3 rings (SSSR count). The van der Waals surface area contributed by atoms with Crippen LogP contribution in [-0.2, 0) is 0 Å². The van der Waals surface area contributed by atoms with Gasteiger partial charge in [0.05, 0.1) is 22.6 Å². The second-order valence-electron chi connectivity index (χ2n) is 5.12. The van der Waals surface area contributed by atoms with E-state index in [1.165, 1.54) is 5.56 Å². The molecule has 0 fully saturated rings. The topological polar surface area (TPSA) is 55.1 Å². The van der Waals surface area contributed by atoms with Crippen molar-refractivity contribution in [1.82, 2.24) is 9.55 Å². The van der Waals surface area contributed by atoms with Crippen LogP contribution in [-0.4, -0.2) is 20.6 Å². The van der Waals surface area contributed by atoms with Gasteiger partial charge >= 0.3 is 5.97 Å². The Morgan fingerprint density at radius 3 is 2.57 bits per heavy atom. The van der Waals surface area contributed by atoms with Crippen molar-refractivity contribution in [2.24, 2.45) is 0 Å². The van der Waals surface area contributed by atoms with Crippen LogP contribution >= 0.6 is 0 Å². The first-order chi connectivity index (χ1) is 10.1.